The normalized spacial score (nSPS) is 25.1. The molecule has 0 radical (unpaired) electrons. The number of hydrogen-bond acceptors (Lipinski definition) is 4. The first-order valence-corrected chi connectivity index (χ1v) is 10.3. The van der Waals surface area contributed by atoms with Crippen molar-refractivity contribution < 1.29 is 4.74 Å². The minimum atomic E-state index is 0.214. The van der Waals surface area contributed by atoms with Gasteiger partial charge in [-0.15, -0.1) is 0 Å². The number of nitrogens with zero attached hydrogens (tertiary/aromatic N) is 5. The maximum absolute atomic E-state index is 6.74. The van der Waals surface area contributed by atoms with Crippen LogP contribution in [0.15, 0.2) is 30.7 Å². The second-order valence-electron chi connectivity index (χ2n) is 8.67. The number of halogens is 1. The highest BCUT2D eigenvalue weighted by molar-refractivity contribution is 6.32. The van der Waals surface area contributed by atoms with Crippen LogP contribution in [0.1, 0.15) is 31.7 Å². The summed E-state index contributed by atoms with van der Waals surface area (Å²) in [7, 11) is 1.92. The number of rotatable bonds is 3. The highest BCUT2D eigenvalue weighted by atomic mass is 35.5. The van der Waals surface area contributed by atoms with E-state index >= 15 is 0 Å². The third-order valence-electron chi connectivity index (χ3n) is 6.52. The zero-order chi connectivity index (χ0) is 19.5. The number of hydrogen-bond donors (Lipinski definition) is 0. The maximum Gasteiger partial charge on any atom is 0.103 e. The van der Waals surface area contributed by atoms with Gasteiger partial charge in [-0.3, -0.25) is 9.58 Å². The molecule has 2 fully saturated rings. The number of likely N-dealkylation sites (tertiary alicyclic amines) is 1. The first kappa shape index (κ1) is 18.2. The fourth-order valence-electron chi connectivity index (χ4n) is 4.75. The lowest BCUT2D eigenvalue weighted by Gasteiger charge is -2.51. The molecule has 2 atom stereocenters. The van der Waals surface area contributed by atoms with Crippen LogP contribution < -0.4 is 0 Å². The van der Waals surface area contributed by atoms with Crippen molar-refractivity contribution in [3.8, 4) is 5.69 Å². The third kappa shape index (κ3) is 2.86. The van der Waals surface area contributed by atoms with Crippen LogP contribution in [0.2, 0.25) is 5.02 Å². The molecule has 6 nitrogen and oxygen atoms in total. The van der Waals surface area contributed by atoms with Gasteiger partial charge in [-0.1, -0.05) is 18.5 Å². The number of piperidine rings is 1. The largest absolute Gasteiger partial charge is 0.377 e. The van der Waals surface area contributed by atoms with Gasteiger partial charge in [-0.05, 0) is 49.4 Å². The molecule has 0 spiro atoms. The molecule has 2 saturated heterocycles. The van der Waals surface area contributed by atoms with Gasteiger partial charge in [0.05, 0.1) is 42.9 Å². The monoisotopic (exact) mass is 399 g/mol. The molecule has 0 aliphatic carbocycles. The molecule has 2 aliphatic rings. The van der Waals surface area contributed by atoms with E-state index in [2.05, 4.69) is 41.1 Å². The van der Waals surface area contributed by atoms with Gasteiger partial charge in [0.1, 0.15) is 5.69 Å². The Labute approximate surface area is 170 Å². The van der Waals surface area contributed by atoms with Crippen LogP contribution in [0.5, 0.6) is 0 Å². The lowest BCUT2D eigenvalue weighted by Crippen LogP contribution is -2.62. The van der Waals surface area contributed by atoms with Gasteiger partial charge in [0, 0.05) is 24.0 Å². The van der Waals surface area contributed by atoms with E-state index in [1.54, 1.807) is 4.68 Å². The Bertz CT molecular complexity index is 1020. The number of fused-ring (bicyclic) bond motifs is 1. The van der Waals surface area contributed by atoms with E-state index in [0.717, 1.165) is 54.3 Å². The summed E-state index contributed by atoms with van der Waals surface area (Å²) in [6.07, 6.45) is 6.80. The molecule has 3 aromatic rings. The molecule has 28 heavy (non-hydrogen) atoms. The molecule has 2 aliphatic heterocycles. The molecule has 0 bridgehead atoms. The first-order chi connectivity index (χ1) is 13.4. The molecule has 2 aromatic heterocycles. The Morgan fingerprint density at radius 2 is 2.04 bits per heavy atom. The van der Waals surface area contributed by atoms with Crippen molar-refractivity contribution in [2.75, 3.05) is 26.3 Å². The van der Waals surface area contributed by atoms with Crippen LogP contribution in [0.4, 0.5) is 0 Å². The van der Waals surface area contributed by atoms with Gasteiger partial charge in [0.2, 0.25) is 0 Å². The van der Waals surface area contributed by atoms with Crippen molar-refractivity contribution in [2.24, 2.45) is 13.0 Å². The average molecular weight is 400 g/mol. The van der Waals surface area contributed by atoms with Crippen molar-refractivity contribution in [3.05, 3.63) is 41.3 Å². The molecular formula is C21H26ClN5O. The Balaban J connectivity index is 1.48. The van der Waals surface area contributed by atoms with Gasteiger partial charge in [-0.2, -0.15) is 10.2 Å². The quantitative estimate of drug-likeness (QED) is 0.674. The number of benzene rings is 1. The third-order valence-corrected chi connectivity index (χ3v) is 6.84. The van der Waals surface area contributed by atoms with Crippen LogP contribution in [-0.4, -0.2) is 56.3 Å². The van der Waals surface area contributed by atoms with Gasteiger partial charge >= 0.3 is 0 Å². The Morgan fingerprint density at radius 3 is 2.68 bits per heavy atom. The Morgan fingerprint density at radius 1 is 1.21 bits per heavy atom. The van der Waals surface area contributed by atoms with Crippen LogP contribution in [0.3, 0.4) is 0 Å². The SMILES string of the molecule is C[C@@H]1CN(C2(C)COC2)CC[C@H]1c1cc2c(cnn2-c2cnn(C)c2)cc1Cl. The lowest BCUT2D eigenvalue weighted by atomic mass is 9.79. The topological polar surface area (TPSA) is 48.1 Å². The van der Waals surface area contributed by atoms with Gasteiger partial charge in [0.15, 0.2) is 0 Å². The Hall–Kier alpha value is -1.89. The van der Waals surface area contributed by atoms with E-state index in [1.165, 1.54) is 5.56 Å². The fourth-order valence-corrected chi connectivity index (χ4v) is 5.06. The molecule has 5 rings (SSSR count). The Kier molecular flexibility index (Phi) is 4.27. The minimum absolute atomic E-state index is 0.214. The van der Waals surface area contributed by atoms with Gasteiger partial charge in [-0.25, -0.2) is 4.68 Å². The van der Waals surface area contributed by atoms with Gasteiger partial charge < -0.3 is 4.74 Å². The molecule has 1 aromatic carbocycles. The summed E-state index contributed by atoms with van der Waals surface area (Å²) < 4.78 is 9.22. The molecule has 0 unspecified atom stereocenters. The molecule has 148 valence electrons. The smallest absolute Gasteiger partial charge is 0.103 e. The summed E-state index contributed by atoms with van der Waals surface area (Å²) in [5, 5.41) is 10.8. The first-order valence-electron chi connectivity index (χ1n) is 9.94. The summed E-state index contributed by atoms with van der Waals surface area (Å²) in [5.74, 6) is 0.992. The number of ether oxygens (including phenoxy) is 1. The molecule has 0 amide bonds. The second-order valence-corrected chi connectivity index (χ2v) is 9.08. The van der Waals surface area contributed by atoms with E-state index in [4.69, 9.17) is 16.3 Å². The van der Waals surface area contributed by atoms with Crippen molar-refractivity contribution in [1.82, 2.24) is 24.5 Å². The van der Waals surface area contributed by atoms with E-state index in [9.17, 15) is 0 Å². The molecule has 4 heterocycles. The van der Waals surface area contributed by atoms with E-state index in [-0.39, 0.29) is 5.54 Å². The number of aryl methyl sites for hydroxylation is 1. The van der Waals surface area contributed by atoms with Crippen LogP contribution >= 0.6 is 11.6 Å². The highest BCUT2D eigenvalue weighted by Crippen LogP contribution is 2.41. The van der Waals surface area contributed by atoms with Crippen LogP contribution in [-0.2, 0) is 11.8 Å². The van der Waals surface area contributed by atoms with Crippen molar-refractivity contribution in [2.45, 2.75) is 31.7 Å². The van der Waals surface area contributed by atoms with E-state index in [0.29, 0.717) is 11.8 Å². The zero-order valence-electron chi connectivity index (χ0n) is 16.6. The average Bonchev–Trinajstić information content (AvgIpc) is 3.24. The minimum Gasteiger partial charge on any atom is -0.377 e. The molecule has 7 heteroatoms. The predicted molar refractivity (Wildman–Crippen MR) is 110 cm³/mol. The standard InChI is InChI=1S/C21H26ClN5O/c1-14-10-26(21(2)12-28-13-21)5-4-17(14)18-7-20-15(6-19(18)22)8-24-27(20)16-9-23-25(3)11-16/h6-9,11,14,17H,4-5,10,12-13H2,1-3H3/t14-,17-/m1/s1. The van der Waals surface area contributed by atoms with Crippen LogP contribution in [0, 0.1) is 5.92 Å². The summed E-state index contributed by atoms with van der Waals surface area (Å²) in [5.41, 5.74) is 3.50. The molecule has 0 N–H and O–H groups in total. The molecular weight excluding hydrogens is 374 g/mol. The maximum atomic E-state index is 6.74. The van der Waals surface area contributed by atoms with Crippen LogP contribution in [0.25, 0.3) is 16.6 Å². The van der Waals surface area contributed by atoms with Crippen molar-refractivity contribution >= 4 is 22.5 Å². The summed E-state index contributed by atoms with van der Waals surface area (Å²) in [4.78, 5) is 2.60. The lowest BCUT2D eigenvalue weighted by molar-refractivity contribution is -0.141. The summed E-state index contributed by atoms with van der Waals surface area (Å²) in [6, 6.07) is 4.30. The summed E-state index contributed by atoms with van der Waals surface area (Å²) in [6.45, 7) is 8.53. The highest BCUT2D eigenvalue weighted by Gasteiger charge is 2.43. The predicted octanol–water partition coefficient (Wildman–Crippen LogP) is 3.63. The van der Waals surface area contributed by atoms with Crippen molar-refractivity contribution in [1.29, 1.82) is 0 Å². The van der Waals surface area contributed by atoms with Gasteiger partial charge in [0.25, 0.3) is 0 Å². The molecule has 0 saturated carbocycles. The summed E-state index contributed by atoms with van der Waals surface area (Å²) >= 11 is 6.74. The van der Waals surface area contributed by atoms with E-state index < -0.39 is 0 Å². The fraction of sp³-hybridized carbons (Fsp3) is 0.524. The van der Waals surface area contributed by atoms with E-state index in [1.807, 2.05) is 30.3 Å². The van der Waals surface area contributed by atoms with Crippen molar-refractivity contribution in [3.63, 3.8) is 0 Å². The zero-order valence-corrected chi connectivity index (χ0v) is 17.4. The second kappa shape index (κ2) is 6.58. The number of aromatic nitrogens is 4.